The molecule has 8 nitrogen and oxygen atoms in total. The molecular formula is C17H17N3O5. The molecule has 2 heterocycles. The summed E-state index contributed by atoms with van der Waals surface area (Å²) in [5.74, 6) is -1.56. The second-order valence-electron chi connectivity index (χ2n) is 6.04. The Kier molecular flexibility index (Phi) is 4.26. The highest BCUT2D eigenvalue weighted by Crippen LogP contribution is 2.24. The van der Waals surface area contributed by atoms with E-state index in [0.29, 0.717) is 5.69 Å². The SMILES string of the molecule is Cc1[nH]c(=O)[nH]c(=O)c1CC(=O)N1Cc2ccccc2C[C@H]1C(=O)O. The highest BCUT2D eigenvalue weighted by atomic mass is 16.4. The van der Waals surface area contributed by atoms with Crippen molar-refractivity contribution < 1.29 is 14.7 Å². The number of carbonyl (C=O) groups excluding carboxylic acids is 1. The minimum absolute atomic E-state index is 0.132. The summed E-state index contributed by atoms with van der Waals surface area (Å²) < 4.78 is 0. The van der Waals surface area contributed by atoms with E-state index in [0.717, 1.165) is 11.1 Å². The van der Waals surface area contributed by atoms with Crippen LogP contribution in [0, 0.1) is 6.92 Å². The van der Waals surface area contributed by atoms with Crippen LogP contribution in [0.5, 0.6) is 0 Å². The van der Waals surface area contributed by atoms with Gasteiger partial charge in [-0.15, -0.1) is 0 Å². The van der Waals surface area contributed by atoms with E-state index in [4.69, 9.17) is 0 Å². The van der Waals surface area contributed by atoms with E-state index in [1.807, 2.05) is 24.3 Å². The third kappa shape index (κ3) is 3.23. The van der Waals surface area contributed by atoms with Crippen molar-refractivity contribution in [3.63, 3.8) is 0 Å². The van der Waals surface area contributed by atoms with Crippen LogP contribution in [0.3, 0.4) is 0 Å². The lowest BCUT2D eigenvalue weighted by atomic mass is 9.93. The summed E-state index contributed by atoms with van der Waals surface area (Å²) in [6, 6.07) is 6.39. The Balaban J connectivity index is 1.92. The second-order valence-corrected chi connectivity index (χ2v) is 6.04. The number of nitrogens with zero attached hydrogens (tertiary/aromatic N) is 1. The van der Waals surface area contributed by atoms with E-state index in [1.165, 1.54) is 11.8 Å². The third-order valence-corrected chi connectivity index (χ3v) is 4.44. The topological polar surface area (TPSA) is 123 Å². The molecular weight excluding hydrogens is 326 g/mol. The molecule has 0 aliphatic carbocycles. The Morgan fingerprint density at radius 2 is 1.88 bits per heavy atom. The van der Waals surface area contributed by atoms with E-state index in [1.54, 1.807) is 0 Å². The molecule has 130 valence electrons. The summed E-state index contributed by atoms with van der Waals surface area (Å²) in [5.41, 5.74) is 0.935. The maximum absolute atomic E-state index is 12.7. The molecule has 1 aromatic heterocycles. The van der Waals surface area contributed by atoms with Crippen molar-refractivity contribution in [2.45, 2.75) is 32.4 Å². The van der Waals surface area contributed by atoms with Gasteiger partial charge in [-0.3, -0.25) is 14.6 Å². The predicted molar refractivity (Wildman–Crippen MR) is 88.2 cm³/mol. The normalized spacial score (nSPS) is 16.4. The Bertz CT molecular complexity index is 959. The van der Waals surface area contributed by atoms with Gasteiger partial charge >= 0.3 is 11.7 Å². The summed E-state index contributed by atoms with van der Waals surface area (Å²) in [6.07, 6.45) is -0.0535. The second kappa shape index (κ2) is 6.39. The fraction of sp³-hybridized carbons (Fsp3) is 0.294. The number of rotatable bonds is 3. The molecule has 0 fully saturated rings. The van der Waals surface area contributed by atoms with E-state index in [-0.39, 0.29) is 24.9 Å². The molecule has 0 unspecified atom stereocenters. The Morgan fingerprint density at radius 1 is 1.20 bits per heavy atom. The molecule has 0 saturated heterocycles. The molecule has 0 saturated carbocycles. The molecule has 25 heavy (non-hydrogen) atoms. The monoisotopic (exact) mass is 343 g/mol. The lowest BCUT2D eigenvalue weighted by molar-refractivity contribution is -0.151. The van der Waals surface area contributed by atoms with Crippen LogP contribution in [0.25, 0.3) is 0 Å². The number of carbonyl (C=O) groups is 2. The van der Waals surface area contributed by atoms with Gasteiger partial charge < -0.3 is 15.0 Å². The van der Waals surface area contributed by atoms with Gasteiger partial charge in [0.05, 0.1) is 6.42 Å². The Labute approximate surface area is 142 Å². The van der Waals surface area contributed by atoms with Gasteiger partial charge in [0.25, 0.3) is 5.56 Å². The van der Waals surface area contributed by atoms with Crippen LogP contribution in [-0.4, -0.2) is 37.9 Å². The predicted octanol–water partition coefficient (Wildman–Crippen LogP) is -0.0478. The standard InChI is InChI=1S/C17H17N3O5/c1-9-12(15(22)19-17(25)18-9)7-14(21)20-8-11-5-3-2-4-10(11)6-13(20)16(23)24/h2-5,13H,6-8H2,1H3,(H,23,24)(H2,18,19,22,25)/t13-/m0/s1. The molecule has 1 atom stereocenters. The fourth-order valence-electron chi connectivity index (χ4n) is 3.10. The summed E-state index contributed by atoms with van der Waals surface area (Å²) in [7, 11) is 0. The molecule has 1 aliphatic rings. The zero-order chi connectivity index (χ0) is 18.1. The van der Waals surface area contributed by atoms with Gasteiger partial charge in [0, 0.05) is 24.2 Å². The largest absolute Gasteiger partial charge is 0.480 e. The molecule has 0 bridgehead atoms. The highest BCUT2D eigenvalue weighted by molar-refractivity contribution is 5.85. The molecule has 0 spiro atoms. The zero-order valence-electron chi connectivity index (χ0n) is 13.5. The van der Waals surface area contributed by atoms with Crippen LogP contribution in [0.1, 0.15) is 22.4 Å². The molecule has 3 N–H and O–H groups in total. The maximum Gasteiger partial charge on any atom is 0.326 e. The van der Waals surface area contributed by atoms with Gasteiger partial charge in [0.1, 0.15) is 6.04 Å². The van der Waals surface area contributed by atoms with E-state index >= 15 is 0 Å². The zero-order valence-corrected chi connectivity index (χ0v) is 13.5. The van der Waals surface area contributed by atoms with Gasteiger partial charge in [0.15, 0.2) is 0 Å². The number of aromatic amines is 2. The van der Waals surface area contributed by atoms with E-state index in [9.17, 15) is 24.3 Å². The van der Waals surface area contributed by atoms with E-state index in [2.05, 4.69) is 9.97 Å². The average molecular weight is 343 g/mol. The van der Waals surface area contributed by atoms with Crippen LogP contribution in [0.2, 0.25) is 0 Å². The number of amides is 1. The number of carboxylic acid groups (broad SMARTS) is 1. The third-order valence-electron chi connectivity index (χ3n) is 4.44. The summed E-state index contributed by atoms with van der Waals surface area (Å²) in [5, 5.41) is 9.49. The van der Waals surface area contributed by atoms with Crippen molar-refractivity contribution in [2.75, 3.05) is 0 Å². The van der Waals surface area contributed by atoms with Crippen molar-refractivity contribution in [3.8, 4) is 0 Å². The van der Waals surface area contributed by atoms with Crippen LogP contribution >= 0.6 is 0 Å². The average Bonchev–Trinajstić information content (AvgIpc) is 2.56. The van der Waals surface area contributed by atoms with Crippen molar-refractivity contribution in [1.82, 2.24) is 14.9 Å². The number of nitrogens with one attached hydrogen (secondary N) is 2. The number of carboxylic acids is 1. The minimum Gasteiger partial charge on any atom is -0.480 e. The van der Waals surface area contributed by atoms with Gasteiger partial charge in [-0.05, 0) is 18.1 Å². The first-order valence-electron chi connectivity index (χ1n) is 7.78. The lowest BCUT2D eigenvalue weighted by Gasteiger charge is -2.34. The number of fused-ring (bicyclic) bond motifs is 1. The summed E-state index contributed by atoms with van der Waals surface area (Å²) in [6.45, 7) is 1.70. The molecule has 1 aliphatic heterocycles. The number of hydrogen-bond donors (Lipinski definition) is 3. The smallest absolute Gasteiger partial charge is 0.326 e. The van der Waals surface area contributed by atoms with Crippen molar-refractivity contribution in [3.05, 3.63) is 67.5 Å². The van der Waals surface area contributed by atoms with Crippen molar-refractivity contribution >= 4 is 11.9 Å². The number of benzene rings is 1. The van der Waals surface area contributed by atoms with Crippen LogP contribution in [0.4, 0.5) is 0 Å². The summed E-state index contributed by atoms with van der Waals surface area (Å²) >= 11 is 0. The van der Waals surface area contributed by atoms with Crippen LogP contribution in [0.15, 0.2) is 33.9 Å². The van der Waals surface area contributed by atoms with Gasteiger partial charge in [-0.2, -0.15) is 0 Å². The number of hydrogen-bond acceptors (Lipinski definition) is 4. The van der Waals surface area contributed by atoms with Gasteiger partial charge in [-0.1, -0.05) is 24.3 Å². The Hall–Kier alpha value is -3.16. The number of aryl methyl sites for hydroxylation is 1. The van der Waals surface area contributed by atoms with Crippen LogP contribution in [-0.2, 0) is 29.0 Å². The lowest BCUT2D eigenvalue weighted by Crippen LogP contribution is -2.49. The fourth-order valence-corrected chi connectivity index (χ4v) is 3.10. The van der Waals surface area contributed by atoms with Gasteiger partial charge in [-0.25, -0.2) is 9.59 Å². The molecule has 2 aromatic rings. The number of aliphatic carboxylic acids is 1. The minimum atomic E-state index is -1.09. The quantitative estimate of drug-likeness (QED) is 0.721. The van der Waals surface area contributed by atoms with Crippen molar-refractivity contribution in [1.29, 1.82) is 0 Å². The molecule has 8 heteroatoms. The first-order chi connectivity index (χ1) is 11.9. The first kappa shape index (κ1) is 16.7. The highest BCUT2D eigenvalue weighted by Gasteiger charge is 2.34. The number of H-pyrrole nitrogens is 2. The maximum atomic E-state index is 12.7. The summed E-state index contributed by atoms with van der Waals surface area (Å²) in [4.78, 5) is 53.3. The van der Waals surface area contributed by atoms with Gasteiger partial charge in [0.2, 0.25) is 5.91 Å². The Morgan fingerprint density at radius 3 is 2.52 bits per heavy atom. The molecule has 0 radical (unpaired) electrons. The van der Waals surface area contributed by atoms with E-state index < -0.39 is 29.2 Å². The van der Waals surface area contributed by atoms with Crippen LogP contribution < -0.4 is 11.2 Å². The first-order valence-corrected chi connectivity index (χ1v) is 7.78. The number of aromatic nitrogens is 2. The molecule has 3 rings (SSSR count). The molecule has 1 aromatic carbocycles. The molecule has 1 amide bonds. The van der Waals surface area contributed by atoms with Crippen molar-refractivity contribution in [2.24, 2.45) is 0 Å².